The molecule has 0 aromatic rings. The average Bonchev–Trinajstić information content (AvgIpc) is 2.03. The van der Waals surface area contributed by atoms with E-state index in [2.05, 4.69) is 0 Å². The Morgan fingerprint density at radius 1 is 1.36 bits per heavy atom. The van der Waals surface area contributed by atoms with Crippen LogP contribution in [0.25, 0.3) is 0 Å². The van der Waals surface area contributed by atoms with Crippen molar-refractivity contribution in [3.05, 3.63) is 0 Å². The minimum atomic E-state index is -3.27. The number of aliphatic hydroxyl groups is 1. The molecule has 0 unspecified atom stereocenters. The molecule has 0 aliphatic carbocycles. The summed E-state index contributed by atoms with van der Waals surface area (Å²) in [6.45, 7) is 6.75. The van der Waals surface area contributed by atoms with Crippen molar-refractivity contribution in [3.63, 3.8) is 0 Å². The van der Waals surface area contributed by atoms with Crippen molar-refractivity contribution in [1.82, 2.24) is 0 Å². The van der Waals surface area contributed by atoms with Crippen molar-refractivity contribution in [1.29, 1.82) is 0 Å². The van der Waals surface area contributed by atoms with Gasteiger partial charge in [0.2, 0.25) is 0 Å². The lowest BCUT2D eigenvalue weighted by Gasteiger charge is -2.32. The van der Waals surface area contributed by atoms with Crippen LogP contribution in [0, 0.1) is 5.41 Å². The SMILES string of the molecule is CCS(=O)(=O)[C@@H](CO)[C@H](N)C(C)(C)C. The molecule has 0 radical (unpaired) electrons. The zero-order valence-electron chi connectivity index (χ0n) is 9.32. The molecule has 0 saturated heterocycles. The number of sulfone groups is 1. The lowest BCUT2D eigenvalue weighted by Crippen LogP contribution is -2.51. The highest BCUT2D eigenvalue weighted by Crippen LogP contribution is 2.23. The molecule has 86 valence electrons. The summed E-state index contributed by atoms with van der Waals surface area (Å²) < 4.78 is 23.2. The summed E-state index contributed by atoms with van der Waals surface area (Å²) in [6.07, 6.45) is 0. The number of rotatable bonds is 4. The Morgan fingerprint density at radius 2 is 1.79 bits per heavy atom. The number of aliphatic hydroxyl groups excluding tert-OH is 1. The summed E-state index contributed by atoms with van der Waals surface area (Å²) in [7, 11) is -3.27. The van der Waals surface area contributed by atoms with Crippen molar-refractivity contribution in [2.24, 2.45) is 11.1 Å². The first kappa shape index (κ1) is 13.9. The van der Waals surface area contributed by atoms with Crippen LogP contribution in [0.1, 0.15) is 27.7 Å². The fourth-order valence-corrected chi connectivity index (χ4v) is 2.73. The van der Waals surface area contributed by atoms with Crippen LogP contribution >= 0.6 is 0 Å². The second-order valence-electron chi connectivity index (χ2n) is 4.56. The van der Waals surface area contributed by atoms with Crippen LogP contribution in [-0.4, -0.2) is 37.2 Å². The van der Waals surface area contributed by atoms with E-state index in [9.17, 15) is 8.42 Å². The van der Waals surface area contributed by atoms with E-state index >= 15 is 0 Å². The average molecular weight is 223 g/mol. The van der Waals surface area contributed by atoms with E-state index in [1.165, 1.54) is 0 Å². The molecule has 14 heavy (non-hydrogen) atoms. The summed E-state index contributed by atoms with van der Waals surface area (Å²) in [5.41, 5.74) is 5.50. The fraction of sp³-hybridized carbons (Fsp3) is 1.00. The second-order valence-corrected chi connectivity index (χ2v) is 7.07. The monoisotopic (exact) mass is 223 g/mol. The Labute approximate surface area is 86.4 Å². The largest absolute Gasteiger partial charge is 0.395 e. The highest BCUT2D eigenvalue weighted by Gasteiger charge is 2.36. The van der Waals surface area contributed by atoms with Crippen LogP contribution in [0.15, 0.2) is 0 Å². The molecule has 0 saturated carbocycles. The molecule has 0 fully saturated rings. The highest BCUT2D eigenvalue weighted by atomic mass is 32.2. The van der Waals surface area contributed by atoms with E-state index in [1.54, 1.807) is 6.92 Å². The third-order valence-electron chi connectivity index (χ3n) is 2.44. The molecule has 0 amide bonds. The predicted molar refractivity (Wildman–Crippen MR) is 57.8 cm³/mol. The van der Waals surface area contributed by atoms with Crippen LogP contribution in [0.3, 0.4) is 0 Å². The molecule has 3 N–H and O–H groups in total. The maximum Gasteiger partial charge on any atom is 0.156 e. The zero-order valence-corrected chi connectivity index (χ0v) is 10.1. The van der Waals surface area contributed by atoms with Crippen LogP contribution < -0.4 is 5.73 Å². The fourth-order valence-electron chi connectivity index (χ4n) is 1.22. The minimum Gasteiger partial charge on any atom is -0.395 e. The van der Waals surface area contributed by atoms with E-state index in [0.29, 0.717) is 0 Å². The Kier molecular flexibility index (Phi) is 4.55. The molecule has 0 heterocycles. The summed E-state index contributed by atoms with van der Waals surface area (Å²) in [5.74, 6) is 0.0159. The molecule has 0 aromatic heterocycles. The minimum absolute atomic E-state index is 0.0159. The first-order valence-electron chi connectivity index (χ1n) is 4.74. The molecule has 5 heteroatoms. The van der Waals surface area contributed by atoms with E-state index < -0.39 is 27.7 Å². The second kappa shape index (κ2) is 4.59. The van der Waals surface area contributed by atoms with Gasteiger partial charge in [-0.05, 0) is 5.41 Å². The third-order valence-corrected chi connectivity index (χ3v) is 4.61. The maximum absolute atomic E-state index is 11.6. The van der Waals surface area contributed by atoms with Crippen molar-refractivity contribution >= 4 is 9.84 Å². The van der Waals surface area contributed by atoms with Crippen LogP contribution in [0.4, 0.5) is 0 Å². The van der Waals surface area contributed by atoms with Gasteiger partial charge in [0.1, 0.15) is 0 Å². The number of hydrogen-bond donors (Lipinski definition) is 2. The van der Waals surface area contributed by atoms with Gasteiger partial charge < -0.3 is 10.8 Å². The molecule has 4 nitrogen and oxygen atoms in total. The molecule has 0 rings (SSSR count). The summed E-state index contributed by atoms with van der Waals surface area (Å²) in [4.78, 5) is 0. The quantitative estimate of drug-likeness (QED) is 0.711. The number of nitrogens with two attached hydrogens (primary N) is 1. The van der Waals surface area contributed by atoms with Gasteiger partial charge in [-0.1, -0.05) is 27.7 Å². The Balaban J connectivity index is 4.93. The van der Waals surface area contributed by atoms with Crippen molar-refractivity contribution in [2.45, 2.75) is 39.0 Å². The molecule has 0 aromatic carbocycles. The predicted octanol–water partition coefficient (Wildman–Crippen LogP) is 0.155. The van der Waals surface area contributed by atoms with E-state index in [4.69, 9.17) is 10.8 Å². The molecule has 0 bridgehead atoms. The van der Waals surface area contributed by atoms with Gasteiger partial charge in [0.15, 0.2) is 9.84 Å². The highest BCUT2D eigenvalue weighted by molar-refractivity contribution is 7.92. The zero-order chi connectivity index (χ0) is 11.6. The number of hydrogen-bond acceptors (Lipinski definition) is 4. The topological polar surface area (TPSA) is 80.4 Å². The standard InChI is InChI=1S/C9H21NO3S/c1-5-14(12,13)7(6-11)8(10)9(2,3)4/h7-8,11H,5-6,10H2,1-4H3/t7-,8-/m0/s1. The lowest BCUT2D eigenvalue weighted by atomic mass is 9.85. The van der Waals surface area contributed by atoms with Gasteiger partial charge in [-0.15, -0.1) is 0 Å². The van der Waals surface area contributed by atoms with Gasteiger partial charge >= 0.3 is 0 Å². The van der Waals surface area contributed by atoms with Crippen molar-refractivity contribution in [2.75, 3.05) is 12.4 Å². The Hall–Kier alpha value is -0.130. The van der Waals surface area contributed by atoms with Crippen molar-refractivity contribution in [3.8, 4) is 0 Å². The summed E-state index contributed by atoms with van der Waals surface area (Å²) in [6, 6.07) is -0.544. The Bertz CT molecular complexity index is 266. The Morgan fingerprint density at radius 3 is 2.00 bits per heavy atom. The van der Waals surface area contributed by atoms with Gasteiger partial charge in [-0.3, -0.25) is 0 Å². The van der Waals surface area contributed by atoms with Gasteiger partial charge in [-0.25, -0.2) is 8.42 Å². The first-order chi connectivity index (χ1) is 6.16. The summed E-state index contributed by atoms with van der Waals surface area (Å²) >= 11 is 0. The van der Waals surface area contributed by atoms with Crippen LogP contribution in [-0.2, 0) is 9.84 Å². The first-order valence-corrected chi connectivity index (χ1v) is 6.46. The lowest BCUT2D eigenvalue weighted by molar-refractivity contribution is 0.227. The van der Waals surface area contributed by atoms with E-state index in [-0.39, 0.29) is 11.2 Å². The van der Waals surface area contributed by atoms with Gasteiger partial charge in [-0.2, -0.15) is 0 Å². The van der Waals surface area contributed by atoms with Crippen LogP contribution in [0.5, 0.6) is 0 Å². The summed E-state index contributed by atoms with van der Waals surface area (Å²) in [5, 5.41) is 8.21. The smallest absolute Gasteiger partial charge is 0.156 e. The van der Waals surface area contributed by atoms with Gasteiger partial charge in [0, 0.05) is 11.8 Å². The molecular formula is C9H21NO3S. The van der Waals surface area contributed by atoms with E-state index in [1.807, 2.05) is 20.8 Å². The van der Waals surface area contributed by atoms with Crippen molar-refractivity contribution < 1.29 is 13.5 Å². The normalized spacial score (nSPS) is 17.9. The molecule has 0 aliphatic heterocycles. The van der Waals surface area contributed by atoms with Crippen LogP contribution in [0.2, 0.25) is 0 Å². The van der Waals surface area contributed by atoms with Gasteiger partial charge in [0.05, 0.1) is 11.9 Å². The van der Waals surface area contributed by atoms with E-state index in [0.717, 1.165) is 0 Å². The van der Waals surface area contributed by atoms with Gasteiger partial charge in [0.25, 0.3) is 0 Å². The molecule has 0 aliphatic rings. The molecule has 2 atom stereocenters. The third kappa shape index (κ3) is 3.22. The molecule has 0 spiro atoms. The molecular weight excluding hydrogens is 202 g/mol. The maximum atomic E-state index is 11.6.